The Morgan fingerprint density at radius 1 is 1.10 bits per heavy atom. The molecule has 0 aliphatic carbocycles. The van der Waals surface area contributed by atoms with Crippen LogP contribution in [0.5, 0.6) is 0 Å². The Morgan fingerprint density at radius 2 is 1.80 bits per heavy atom. The molecule has 20 heavy (non-hydrogen) atoms. The minimum Gasteiger partial charge on any atom is -0.296 e. The molecule has 0 heterocycles. The normalized spacial score (nSPS) is 12.4. The molecule has 0 aliphatic heterocycles. The van der Waals surface area contributed by atoms with E-state index in [0.717, 1.165) is 5.56 Å². The highest BCUT2D eigenvalue weighted by atomic mass is 19.1. The van der Waals surface area contributed by atoms with E-state index in [2.05, 4.69) is 5.48 Å². The number of rotatable bonds is 5. The van der Waals surface area contributed by atoms with Crippen molar-refractivity contribution in [1.29, 1.82) is 0 Å². The van der Waals surface area contributed by atoms with E-state index < -0.39 is 17.7 Å². The zero-order valence-electron chi connectivity index (χ0n) is 11.5. The van der Waals surface area contributed by atoms with Crippen molar-refractivity contribution < 1.29 is 13.6 Å². The van der Waals surface area contributed by atoms with Crippen LogP contribution in [0.4, 0.5) is 8.78 Å². The molecule has 1 unspecified atom stereocenters. The molecule has 0 radical (unpaired) electrons. The van der Waals surface area contributed by atoms with E-state index in [1.54, 1.807) is 6.92 Å². The fraction of sp³-hybridized carbons (Fsp3) is 0.250. The topological polar surface area (TPSA) is 21.3 Å². The van der Waals surface area contributed by atoms with Gasteiger partial charge in [0.15, 0.2) is 0 Å². The largest absolute Gasteiger partial charge is 0.296 e. The highest BCUT2D eigenvalue weighted by Gasteiger charge is 2.13. The van der Waals surface area contributed by atoms with Crippen molar-refractivity contribution >= 4 is 0 Å². The monoisotopic (exact) mass is 277 g/mol. The summed E-state index contributed by atoms with van der Waals surface area (Å²) < 4.78 is 27.2. The van der Waals surface area contributed by atoms with Crippen LogP contribution in [0.15, 0.2) is 42.5 Å². The van der Waals surface area contributed by atoms with E-state index in [4.69, 9.17) is 4.84 Å². The van der Waals surface area contributed by atoms with Crippen molar-refractivity contribution in [3.05, 3.63) is 70.8 Å². The first-order valence-electron chi connectivity index (χ1n) is 6.44. The second kappa shape index (κ2) is 6.59. The Balaban J connectivity index is 1.95. The van der Waals surface area contributed by atoms with E-state index in [1.165, 1.54) is 19.1 Å². The molecule has 0 spiro atoms. The number of nitrogens with one attached hydrogen (secondary N) is 1. The lowest BCUT2D eigenvalue weighted by molar-refractivity contribution is 0.00622. The molecule has 0 aromatic heterocycles. The van der Waals surface area contributed by atoms with Gasteiger partial charge in [-0.25, -0.2) is 8.78 Å². The lowest BCUT2D eigenvalue weighted by Crippen LogP contribution is -2.20. The molecular formula is C16H17F2NO. The molecular weight excluding hydrogens is 260 g/mol. The van der Waals surface area contributed by atoms with Crippen molar-refractivity contribution in [2.45, 2.75) is 26.5 Å². The van der Waals surface area contributed by atoms with Crippen molar-refractivity contribution in [3.8, 4) is 0 Å². The average molecular weight is 277 g/mol. The summed E-state index contributed by atoms with van der Waals surface area (Å²) in [4.78, 5) is 5.32. The number of hydroxylamine groups is 1. The summed E-state index contributed by atoms with van der Waals surface area (Å²) in [5.41, 5.74) is 4.28. The van der Waals surface area contributed by atoms with E-state index in [-0.39, 0.29) is 5.56 Å². The maximum absolute atomic E-state index is 13.8. The molecule has 2 rings (SSSR count). The Morgan fingerprint density at radius 3 is 2.50 bits per heavy atom. The summed E-state index contributed by atoms with van der Waals surface area (Å²) in [6, 6.07) is 11.6. The lowest BCUT2D eigenvalue weighted by Gasteiger charge is -2.15. The highest BCUT2D eigenvalue weighted by molar-refractivity contribution is 5.27. The Bertz CT molecular complexity index is 572. The van der Waals surface area contributed by atoms with Crippen LogP contribution in [0.1, 0.15) is 29.7 Å². The van der Waals surface area contributed by atoms with Crippen molar-refractivity contribution in [3.63, 3.8) is 0 Å². The third-order valence-corrected chi connectivity index (χ3v) is 3.09. The third kappa shape index (κ3) is 3.62. The van der Waals surface area contributed by atoms with E-state index in [0.29, 0.717) is 12.2 Å². The molecule has 0 saturated heterocycles. The first-order chi connectivity index (χ1) is 9.58. The Labute approximate surface area is 117 Å². The minimum atomic E-state index is -0.438. The number of hydrogen-bond donors (Lipinski definition) is 1. The second-order valence-electron chi connectivity index (χ2n) is 4.74. The van der Waals surface area contributed by atoms with Crippen LogP contribution in [-0.4, -0.2) is 0 Å². The average Bonchev–Trinajstić information content (AvgIpc) is 2.44. The molecule has 1 atom stereocenters. The number of hydrogen-bond acceptors (Lipinski definition) is 2. The van der Waals surface area contributed by atoms with Crippen molar-refractivity contribution in [2.24, 2.45) is 0 Å². The molecule has 0 bridgehead atoms. The number of benzene rings is 2. The van der Waals surface area contributed by atoms with Gasteiger partial charge in [-0.2, -0.15) is 5.48 Å². The maximum atomic E-state index is 13.8. The summed E-state index contributed by atoms with van der Waals surface area (Å²) >= 11 is 0. The van der Waals surface area contributed by atoms with E-state index >= 15 is 0 Å². The minimum absolute atomic E-state index is 0.251. The van der Waals surface area contributed by atoms with Crippen LogP contribution in [0.3, 0.4) is 0 Å². The van der Waals surface area contributed by atoms with E-state index in [1.807, 2.05) is 30.3 Å². The van der Waals surface area contributed by atoms with Gasteiger partial charge < -0.3 is 0 Å². The van der Waals surface area contributed by atoms with E-state index in [9.17, 15) is 8.78 Å². The summed E-state index contributed by atoms with van der Waals surface area (Å²) in [5, 5.41) is 0. The molecule has 2 aromatic rings. The zero-order chi connectivity index (χ0) is 14.5. The second-order valence-corrected chi connectivity index (χ2v) is 4.74. The molecule has 106 valence electrons. The highest BCUT2D eigenvalue weighted by Crippen LogP contribution is 2.20. The van der Waals surface area contributed by atoms with Gasteiger partial charge in [0.05, 0.1) is 12.6 Å². The van der Waals surface area contributed by atoms with Crippen LogP contribution in [0, 0.1) is 18.6 Å². The SMILES string of the molecule is Cc1cc(F)c(C(C)NOCc2ccccc2)cc1F. The Hall–Kier alpha value is -1.78. The van der Waals surface area contributed by atoms with Crippen LogP contribution in [0.2, 0.25) is 0 Å². The predicted molar refractivity (Wildman–Crippen MR) is 73.9 cm³/mol. The van der Waals surface area contributed by atoms with Gasteiger partial charge in [0.25, 0.3) is 0 Å². The van der Waals surface area contributed by atoms with Crippen LogP contribution >= 0.6 is 0 Å². The molecule has 0 fully saturated rings. The first kappa shape index (κ1) is 14.6. The van der Waals surface area contributed by atoms with Gasteiger partial charge in [0.2, 0.25) is 0 Å². The van der Waals surface area contributed by atoms with Crippen LogP contribution < -0.4 is 5.48 Å². The first-order valence-corrected chi connectivity index (χ1v) is 6.44. The van der Waals surface area contributed by atoms with Gasteiger partial charge in [0, 0.05) is 5.56 Å². The van der Waals surface area contributed by atoms with Crippen LogP contribution in [-0.2, 0) is 11.4 Å². The van der Waals surface area contributed by atoms with Crippen LogP contribution in [0.25, 0.3) is 0 Å². The molecule has 2 aromatic carbocycles. The number of halogens is 2. The van der Waals surface area contributed by atoms with Crippen molar-refractivity contribution in [2.75, 3.05) is 0 Å². The molecule has 2 nitrogen and oxygen atoms in total. The predicted octanol–water partition coefficient (Wildman–Crippen LogP) is 4.06. The molecule has 4 heteroatoms. The fourth-order valence-electron chi connectivity index (χ4n) is 1.88. The van der Waals surface area contributed by atoms with Gasteiger partial charge in [-0.15, -0.1) is 0 Å². The molecule has 0 saturated carbocycles. The zero-order valence-corrected chi connectivity index (χ0v) is 11.5. The van der Waals surface area contributed by atoms with Gasteiger partial charge in [-0.05, 0) is 37.1 Å². The summed E-state index contributed by atoms with van der Waals surface area (Å²) in [5.74, 6) is -0.856. The lowest BCUT2D eigenvalue weighted by atomic mass is 10.1. The summed E-state index contributed by atoms with van der Waals surface area (Å²) in [6.07, 6.45) is 0. The van der Waals surface area contributed by atoms with Gasteiger partial charge >= 0.3 is 0 Å². The standard InChI is InChI=1S/C16H17F2NO/c1-11-8-16(18)14(9-15(11)17)12(2)19-20-10-13-6-4-3-5-7-13/h3-9,12,19H,10H2,1-2H3. The smallest absolute Gasteiger partial charge is 0.128 e. The number of aryl methyl sites for hydroxylation is 1. The quantitative estimate of drug-likeness (QED) is 0.832. The maximum Gasteiger partial charge on any atom is 0.128 e. The summed E-state index contributed by atoms with van der Waals surface area (Å²) in [6.45, 7) is 3.62. The van der Waals surface area contributed by atoms with Gasteiger partial charge in [-0.3, -0.25) is 4.84 Å². The molecule has 0 amide bonds. The molecule has 0 aliphatic rings. The third-order valence-electron chi connectivity index (χ3n) is 3.09. The Kier molecular flexibility index (Phi) is 4.82. The molecule has 1 N–H and O–H groups in total. The van der Waals surface area contributed by atoms with Crippen molar-refractivity contribution in [1.82, 2.24) is 5.48 Å². The fourth-order valence-corrected chi connectivity index (χ4v) is 1.88. The summed E-state index contributed by atoms with van der Waals surface area (Å²) in [7, 11) is 0. The van der Waals surface area contributed by atoms with Gasteiger partial charge in [-0.1, -0.05) is 30.3 Å². The van der Waals surface area contributed by atoms with Gasteiger partial charge in [0.1, 0.15) is 11.6 Å².